The van der Waals surface area contributed by atoms with Crippen LogP contribution in [0.3, 0.4) is 0 Å². The minimum atomic E-state index is -0.819. The lowest BCUT2D eigenvalue weighted by molar-refractivity contribution is -0.139. The van der Waals surface area contributed by atoms with Crippen LogP contribution in [-0.2, 0) is 9.53 Å². The Hall–Kier alpha value is -3.35. The summed E-state index contributed by atoms with van der Waals surface area (Å²) in [4.78, 5) is 40.2. The molecule has 12 heteroatoms. The molecule has 0 spiro atoms. The summed E-state index contributed by atoms with van der Waals surface area (Å²) >= 11 is 5.92. The normalized spacial score (nSPS) is 15.4. The largest absolute Gasteiger partial charge is 0.463 e. The number of hydrogen-bond acceptors (Lipinski definition) is 9. The molecule has 38 heavy (non-hydrogen) atoms. The highest BCUT2D eigenvalue weighted by Crippen LogP contribution is 2.35. The number of furan rings is 1. The van der Waals surface area contributed by atoms with Crippen molar-refractivity contribution >= 4 is 51.1 Å². The number of rotatable bonds is 6. The molecule has 8 nitrogen and oxygen atoms in total. The second kappa shape index (κ2) is 10.8. The van der Waals surface area contributed by atoms with Crippen molar-refractivity contribution in [1.82, 2.24) is 14.5 Å². The van der Waals surface area contributed by atoms with Crippen LogP contribution in [0.15, 0.2) is 82.8 Å². The smallest absolute Gasteiger partial charge is 0.338 e. The Morgan fingerprint density at radius 3 is 2.76 bits per heavy atom. The van der Waals surface area contributed by atoms with E-state index < -0.39 is 17.8 Å². The van der Waals surface area contributed by atoms with E-state index in [0.717, 1.165) is 5.69 Å². The zero-order valence-electron chi connectivity index (χ0n) is 20.4. The van der Waals surface area contributed by atoms with Crippen LogP contribution in [0.5, 0.6) is 0 Å². The lowest BCUT2D eigenvalue weighted by Crippen LogP contribution is -2.39. The van der Waals surface area contributed by atoms with Crippen LogP contribution in [0.1, 0.15) is 36.9 Å². The third kappa shape index (κ3) is 5.16. The van der Waals surface area contributed by atoms with Crippen LogP contribution in [0.4, 0.5) is 4.39 Å². The van der Waals surface area contributed by atoms with E-state index in [-0.39, 0.29) is 17.7 Å². The summed E-state index contributed by atoms with van der Waals surface area (Å²) in [5.41, 5.74) is 1.70. The van der Waals surface area contributed by atoms with Gasteiger partial charge in [0.15, 0.2) is 15.1 Å². The number of aryl methyl sites for hydroxylation is 1. The number of hydrogen-bond donors (Lipinski definition) is 0. The van der Waals surface area contributed by atoms with Crippen molar-refractivity contribution in [1.29, 1.82) is 0 Å². The molecule has 1 aliphatic rings. The van der Waals surface area contributed by atoms with E-state index in [0.29, 0.717) is 41.1 Å². The summed E-state index contributed by atoms with van der Waals surface area (Å²) in [6, 6.07) is 8.43. The van der Waals surface area contributed by atoms with Crippen LogP contribution in [0.25, 0.3) is 6.08 Å². The fourth-order valence-electron chi connectivity index (χ4n) is 3.95. The third-order valence-corrected chi connectivity index (χ3v) is 8.31. The lowest BCUT2D eigenvalue weighted by Gasteiger charge is -2.24. The number of benzene rings is 1. The van der Waals surface area contributed by atoms with Gasteiger partial charge >= 0.3 is 5.97 Å². The SMILES string of the molecule is CCOC(=O)C1=C(C)N=c2s/c(=C/c3cc(Br)c(Sc4nccc(C)n4)o3)c(=O)n2[C@H]1c1ccc(F)cc1. The van der Waals surface area contributed by atoms with E-state index in [2.05, 4.69) is 30.9 Å². The standard InChI is InChI=1S/C26H20BrFN4O4S2/c1-4-35-23(34)20-14(3)31-26-32(21(20)15-5-7-16(28)8-6-15)22(33)19(37-26)12-17-11-18(27)24(36-17)38-25-29-10-9-13(2)30-25/h5-12,21H,4H2,1-3H3/b19-12+/t21-/m0/s1. The molecule has 0 saturated heterocycles. The zero-order valence-corrected chi connectivity index (χ0v) is 23.6. The number of thiazole rings is 1. The molecule has 0 unspecified atom stereocenters. The molecule has 0 bridgehead atoms. The number of allylic oxidation sites excluding steroid dienone is 1. The molecule has 0 aliphatic carbocycles. The van der Waals surface area contributed by atoms with Crippen LogP contribution in [0.2, 0.25) is 0 Å². The van der Waals surface area contributed by atoms with Crippen molar-refractivity contribution in [2.75, 3.05) is 6.61 Å². The molecule has 0 N–H and O–H groups in total. The number of nitrogens with zero attached hydrogens (tertiary/aromatic N) is 4. The minimum absolute atomic E-state index is 0.164. The van der Waals surface area contributed by atoms with E-state index in [9.17, 15) is 14.0 Å². The summed E-state index contributed by atoms with van der Waals surface area (Å²) in [7, 11) is 0. The number of fused-ring (bicyclic) bond motifs is 1. The highest BCUT2D eigenvalue weighted by Gasteiger charge is 2.33. The second-order valence-corrected chi connectivity index (χ2v) is 11.0. The average molecular weight is 616 g/mol. The van der Waals surface area contributed by atoms with E-state index in [1.807, 2.05) is 6.92 Å². The highest BCUT2D eigenvalue weighted by atomic mass is 79.9. The highest BCUT2D eigenvalue weighted by molar-refractivity contribution is 9.10. The van der Waals surface area contributed by atoms with Crippen LogP contribution < -0.4 is 14.9 Å². The molecular formula is C26H20BrFN4O4S2. The quantitative estimate of drug-likeness (QED) is 0.232. The Bertz CT molecular complexity index is 1760. The fourth-order valence-corrected chi connectivity index (χ4v) is 6.29. The third-order valence-electron chi connectivity index (χ3n) is 5.61. The first-order valence-corrected chi connectivity index (χ1v) is 13.9. The van der Waals surface area contributed by atoms with Gasteiger partial charge in [-0.1, -0.05) is 23.5 Å². The maximum absolute atomic E-state index is 13.7. The second-order valence-electron chi connectivity index (χ2n) is 8.22. The van der Waals surface area contributed by atoms with E-state index in [4.69, 9.17) is 9.15 Å². The Balaban J connectivity index is 1.60. The van der Waals surface area contributed by atoms with E-state index in [1.165, 1.54) is 39.8 Å². The Morgan fingerprint density at radius 1 is 1.29 bits per heavy atom. The Labute approximate surface area is 232 Å². The van der Waals surface area contributed by atoms with E-state index >= 15 is 0 Å². The van der Waals surface area contributed by atoms with Gasteiger partial charge in [0, 0.05) is 18.0 Å². The molecule has 1 aromatic carbocycles. The number of aromatic nitrogens is 3. The fraction of sp³-hybridized carbons (Fsp3) is 0.192. The van der Waals surface area contributed by atoms with Crippen LogP contribution in [-0.4, -0.2) is 27.1 Å². The summed E-state index contributed by atoms with van der Waals surface area (Å²) in [5.74, 6) is -0.558. The lowest BCUT2D eigenvalue weighted by atomic mass is 9.96. The van der Waals surface area contributed by atoms with Gasteiger partial charge in [-0.2, -0.15) is 0 Å². The number of halogens is 2. The zero-order chi connectivity index (χ0) is 27.0. The van der Waals surface area contributed by atoms with Crippen molar-refractivity contribution in [2.24, 2.45) is 4.99 Å². The molecule has 5 rings (SSSR count). The summed E-state index contributed by atoms with van der Waals surface area (Å²) in [6.07, 6.45) is 3.30. The Kier molecular flexibility index (Phi) is 7.46. The molecule has 0 fully saturated rings. The first kappa shape index (κ1) is 26.3. The number of ether oxygens (including phenoxy) is 1. The molecule has 194 valence electrons. The van der Waals surface area contributed by atoms with Gasteiger partial charge in [-0.15, -0.1) is 0 Å². The molecule has 4 aromatic rings. The predicted octanol–water partition coefficient (Wildman–Crippen LogP) is 4.54. The predicted molar refractivity (Wildman–Crippen MR) is 144 cm³/mol. The summed E-state index contributed by atoms with van der Waals surface area (Å²) < 4.78 is 27.4. The van der Waals surface area contributed by atoms with Gasteiger partial charge in [0.1, 0.15) is 11.6 Å². The van der Waals surface area contributed by atoms with Crippen molar-refractivity contribution in [3.63, 3.8) is 0 Å². The van der Waals surface area contributed by atoms with Gasteiger partial charge in [-0.25, -0.2) is 24.1 Å². The first-order valence-electron chi connectivity index (χ1n) is 11.5. The number of carbonyl (C=O) groups is 1. The summed E-state index contributed by atoms with van der Waals surface area (Å²) in [6.45, 7) is 5.44. The maximum atomic E-state index is 13.7. The van der Waals surface area contributed by atoms with Crippen LogP contribution >= 0.6 is 39.0 Å². The van der Waals surface area contributed by atoms with Gasteiger partial charge in [0.05, 0.1) is 32.9 Å². The van der Waals surface area contributed by atoms with Gasteiger partial charge in [0.2, 0.25) is 0 Å². The van der Waals surface area contributed by atoms with Gasteiger partial charge in [0.25, 0.3) is 5.56 Å². The van der Waals surface area contributed by atoms with Crippen molar-refractivity contribution in [2.45, 2.75) is 37.1 Å². The monoisotopic (exact) mass is 614 g/mol. The molecular weight excluding hydrogens is 595 g/mol. The molecule has 0 amide bonds. The van der Waals surface area contributed by atoms with Crippen molar-refractivity contribution in [3.05, 3.63) is 101 Å². The molecule has 0 saturated carbocycles. The number of carbonyl (C=O) groups excluding carboxylic acids is 1. The van der Waals surface area contributed by atoms with E-state index in [1.54, 1.807) is 50.4 Å². The van der Waals surface area contributed by atoms with Crippen molar-refractivity contribution < 1.29 is 18.3 Å². The topological polar surface area (TPSA) is 99.6 Å². The summed E-state index contributed by atoms with van der Waals surface area (Å²) in [5, 5.41) is 1.08. The van der Waals surface area contributed by atoms with Crippen molar-refractivity contribution in [3.8, 4) is 0 Å². The maximum Gasteiger partial charge on any atom is 0.338 e. The average Bonchev–Trinajstić information content (AvgIpc) is 3.37. The molecule has 1 aliphatic heterocycles. The van der Waals surface area contributed by atoms with Crippen LogP contribution in [0, 0.1) is 12.7 Å². The first-order chi connectivity index (χ1) is 18.2. The molecule has 4 heterocycles. The molecule has 3 aromatic heterocycles. The van der Waals surface area contributed by atoms with Gasteiger partial charge in [-0.05, 0) is 78.3 Å². The Morgan fingerprint density at radius 2 is 2.05 bits per heavy atom. The number of esters is 1. The minimum Gasteiger partial charge on any atom is -0.463 e. The molecule has 0 radical (unpaired) electrons. The van der Waals surface area contributed by atoms with Gasteiger partial charge < -0.3 is 9.15 Å². The van der Waals surface area contributed by atoms with Gasteiger partial charge in [-0.3, -0.25) is 9.36 Å². The molecule has 1 atom stereocenters.